The highest BCUT2D eigenvalue weighted by atomic mass is 16.5. The summed E-state index contributed by atoms with van der Waals surface area (Å²) in [5.74, 6) is -1.68. The second kappa shape index (κ2) is 8.54. The summed E-state index contributed by atoms with van der Waals surface area (Å²) in [6, 6.07) is 12.6. The largest absolute Gasteiger partial charge is 0.465 e. The molecule has 164 valence electrons. The SMILES string of the molecule is COC(=O)c1ccccc1NC(=O)CN1C(=O)NC(c2ccc(C)cc2)C2=C1COC2=O. The zero-order valence-corrected chi connectivity index (χ0v) is 17.5. The van der Waals surface area contributed by atoms with Gasteiger partial charge in [0, 0.05) is 0 Å². The molecule has 0 aromatic heterocycles. The number of urea groups is 1. The van der Waals surface area contributed by atoms with E-state index in [9.17, 15) is 19.2 Å². The number of cyclic esters (lactones) is 1. The molecule has 2 N–H and O–H groups in total. The van der Waals surface area contributed by atoms with Crippen LogP contribution >= 0.6 is 0 Å². The van der Waals surface area contributed by atoms with Gasteiger partial charge in [-0.15, -0.1) is 0 Å². The number of benzene rings is 2. The number of hydrogen-bond donors (Lipinski definition) is 2. The van der Waals surface area contributed by atoms with Gasteiger partial charge in [-0.3, -0.25) is 9.69 Å². The van der Waals surface area contributed by atoms with Gasteiger partial charge < -0.3 is 20.1 Å². The third-order valence-corrected chi connectivity index (χ3v) is 5.32. The van der Waals surface area contributed by atoms with Crippen molar-refractivity contribution in [3.8, 4) is 0 Å². The van der Waals surface area contributed by atoms with E-state index in [4.69, 9.17) is 9.47 Å². The fourth-order valence-corrected chi connectivity index (χ4v) is 3.70. The summed E-state index contributed by atoms with van der Waals surface area (Å²) in [6.45, 7) is 1.48. The first kappa shape index (κ1) is 21.1. The van der Waals surface area contributed by atoms with Gasteiger partial charge in [0.2, 0.25) is 5.91 Å². The Morgan fingerprint density at radius 2 is 1.88 bits per heavy atom. The molecule has 0 aliphatic carbocycles. The standard InChI is InChI=1S/C23H21N3O6/c1-13-7-9-14(10-8-13)20-19-17(12-32-22(19)29)26(23(30)25-20)11-18(27)24-16-6-4-3-5-15(16)21(28)31-2/h3-10,20H,11-12H2,1-2H3,(H,24,27)(H,25,30). The molecule has 2 aromatic rings. The van der Waals surface area contributed by atoms with Crippen molar-refractivity contribution < 1.29 is 28.7 Å². The first-order valence-electron chi connectivity index (χ1n) is 9.91. The molecule has 0 saturated heterocycles. The molecule has 9 nitrogen and oxygen atoms in total. The molecule has 2 aromatic carbocycles. The summed E-state index contributed by atoms with van der Waals surface area (Å²) in [5.41, 5.74) is 2.88. The van der Waals surface area contributed by atoms with Gasteiger partial charge >= 0.3 is 18.0 Å². The molecule has 0 spiro atoms. The van der Waals surface area contributed by atoms with Crippen LogP contribution in [0.2, 0.25) is 0 Å². The van der Waals surface area contributed by atoms with Crippen molar-refractivity contribution in [3.63, 3.8) is 0 Å². The molecule has 0 saturated carbocycles. The number of hydrogen-bond acceptors (Lipinski definition) is 6. The molecule has 2 aliphatic rings. The maximum absolute atomic E-state index is 12.9. The summed E-state index contributed by atoms with van der Waals surface area (Å²) in [5, 5.41) is 5.41. The zero-order valence-electron chi connectivity index (χ0n) is 17.5. The molecule has 0 radical (unpaired) electrons. The first-order chi connectivity index (χ1) is 15.4. The lowest BCUT2D eigenvalue weighted by molar-refractivity contribution is -0.136. The third-order valence-electron chi connectivity index (χ3n) is 5.32. The summed E-state index contributed by atoms with van der Waals surface area (Å²) in [6.07, 6.45) is 0. The highest BCUT2D eigenvalue weighted by Gasteiger charge is 2.42. The maximum Gasteiger partial charge on any atom is 0.339 e. The van der Waals surface area contributed by atoms with E-state index >= 15 is 0 Å². The number of nitrogens with one attached hydrogen (secondary N) is 2. The van der Waals surface area contributed by atoms with E-state index in [-0.39, 0.29) is 24.4 Å². The van der Waals surface area contributed by atoms with Crippen molar-refractivity contribution in [1.29, 1.82) is 0 Å². The molecule has 32 heavy (non-hydrogen) atoms. The summed E-state index contributed by atoms with van der Waals surface area (Å²) >= 11 is 0. The minimum Gasteiger partial charge on any atom is -0.465 e. The number of anilines is 1. The fourth-order valence-electron chi connectivity index (χ4n) is 3.70. The van der Waals surface area contributed by atoms with Gasteiger partial charge in [-0.05, 0) is 24.6 Å². The van der Waals surface area contributed by atoms with E-state index in [0.717, 1.165) is 11.1 Å². The summed E-state index contributed by atoms with van der Waals surface area (Å²) in [7, 11) is 1.24. The second-order valence-corrected chi connectivity index (χ2v) is 7.40. The van der Waals surface area contributed by atoms with Crippen LogP contribution in [0.15, 0.2) is 59.8 Å². The Labute approximate surface area is 184 Å². The van der Waals surface area contributed by atoms with E-state index in [2.05, 4.69) is 10.6 Å². The molecule has 4 rings (SSSR count). The van der Waals surface area contributed by atoms with Crippen LogP contribution in [0.25, 0.3) is 0 Å². The number of nitrogens with zero attached hydrogens (tertiary/aromatic N) is 1. The number of aryl methyl sites for hydroxylation is 1. The van der Waals surface area contributed by atoms with E-state index in [1.807, 2.05) is 31.2 Å². The monoisotopic (exact) mass is 435 g/mol. The molecule has 3 amide bonds. The number of amides is 3. The molecule has 2 heterocycles. The van der Waals surface area contributed by atoms with Crippen molar-refractivity contribution in [2.75, 3.05) is 25.6 Å². The van der Waals surface area contributed by atoms with Gasteiger partial charge in [-0.2, -0.15) is 0 Å². The van der Waals surface area contributed by atoms with E-state index in [1.165, 1.54) is 18.1 Å². The number of carbonyl (C=O) groups is 4. The Morgan fingerprint density at radius 3 is 2.59 bits per heavy atom. The van der Waals surface area contributed by atoms with Crippen molar-refractivity contribution in [2.24, 2.45) is 0 Å². The Kier molecular flexibility index (Phi) is 5.63. The average molecular weight is 435 g/mol. The number of para-hydroxylation sites is 1. The highest BCUT2D eigenvalue weighted by Crippen LogP contribution is 2.35. The quantitative estimate of drug-likeness (QED) is 0.697. The normalized spacial score (nSPS) is 17.4. The van der Waals surface area contributed by atoms with Crippen LogP contribution in [0, 0.1) is 6.92 Å². The van der Waals surface area contributed by atoms with Gasteiger partial charge in [0.25, 0.3) is 0 Å². The smallest absolute Gasteiger partial charge is 0.339 e. The number of rotatable bonds is 5. The summed E-state index contributed by atoms with van der Waals surface area (Å²) < 4.78 is 9.91. The number of methoxy groups -OCH3 is 1. The number of ether oxygens (including phenoxy) is 2. The molecular formula is C23H21N3O6. The topological polar surface area (TPSA) is 114 Å². The lowest BCUT2D eigenvalue weighted by atomic mass is 9.95. The van der Waals surface area contributed by atoms with Crippen LogP contribution in [0.4, 0.5) is 10.5 Å². The van der Waals surface area contributed by atoms with Crippen molar-refractivity contribution in [1.82, 2.24) is 10.2 Å². The predicted octanol–water partition coefficient (Wildman–Crippen LogP) is 2.30. The summed E-state index contributed by atoms with van der Waals surface area (Å²) in [4.78, 5) is 51.1. The minimum absolute atomic E-state index is 0.101. The van der Waals surface area contributed by atoms with Gasteiger partial charge in [0.1, 0.15) is 13.2 Å². The van der Waals surface area contributed by atoms with Gasteiger partial charge in [-0.1, -0.05) is 42.0 Å². The molecule has 0 fully saturated rings. The van der Waals surface area contributed by atoms with Crippen molar-refractivity contribution in [3.05, 3.63) is 76.5 Å². The minimum atomic E-state index is -0.660. The van der Waals surface area contributed by atoms with E-state index in [0.29, 0.717) is 11.3 Å². The van der Waals surface area contributed by atoms with E-state index in [1.54, 1.807) is 18.2 Å². The maximum atomic E-state index is 12.9. The Bertz CT molecular complexity index is 1140. The van der Waals surface area contributed by atoms with Crippen molar-refractivity contribution >= 4 is 29.6 Å². The first-order valence-corrected chi connectivity index (χ1v) is 9.91. The molecule has 1 unspecified atom stereocenters. The molecule has 2 aliphatic heterocycles. The van der Waals surface area contributed by atoms with Crippen LogP contribution in [0.3, 0.4) is 0 Å². The highest BCUT2D eigenvalue weighted by molar-refractivity contribution is 6.03. The Morgan fingerprint density at radius 1 is 1.16 bits per heavy atom. The van der Waals surface area contributed by atoms with Crippen LogP contribution in [-0.4, -0.2) is 49.0 Å². The van der Waals surface area contributed by atoms with Crippen LogP contribution in [0.5, 0.6) is 0 Å². The molecule has 0 bridgehead atoms. The predicted molar refractivity (Wildman–Crippen MR) is 114 cm³/mol. The molecule has 1 atom stereocenters. The van der Waals surface area contributed by atoms with Crippen LogP contribution < -0.4 is 10.6 Å². The van der Waals surface area contributed by atoms with Gasteiger partial charge in [-0.25, -0.2) is 14.4 Å². The zero-order chi connectivity index (χ0) is 22.8. The number of esters is 2. The van der Waals surface area contributed by atoms with Crippen LogP contribution in [0.1, 0.15) is 27.5 Å². The van der Waals surface area contributed by atoms with Gasteiger partial charge in [0.15, 0.2) is 0 Å². The fraction of sp³-hybridized carbons (Fsp3) is 0.217. The molecule has 9 heteroatoms. The van der Waals surface area contributed by atoms with Crippen LogP contribution in [-0.2, 0) is 19.1 Å². The Balaban J connectivity index is 1.58. The lowest BCUT2D eigenvalue weighted by Crippen LogP contribution is -2.49. The average Bonchev–Trinajstić information content (AvgIpc) is 3.17. The third kappa shape index (κ3) is 3.92. The number of carbonyl (C=O) groups excluding carboxylic acids is 4. The second-order valence-electron chi connectivity index (χ2n) is 7.40. The van der Waals surface area contributed by atoms with Gasteiger partial charge in [0.05, 0.1) is 35.7 Å². The van der Waals surface area contributed by atoms with E-state index < -0.39 is 29.9 Å². The van der Waals surface area contributed by atoms with Crippen molar-refractivity contribution in [2.45, 2.75) is 13.0 Å². The molecular weight excluding hydrogens is 414 g/mol. The Hall–Kier alpha value is -4.14. The lowest BCUT2D eigenvalue weighted by Gasteiger charge is -2.32.